The Hall–Kier alpha value is 0.850. The molecule has 0 saturated carbocycles. The van der Waals surface area contributed by atoms with Crippen LogP contribution < -0.4 is 0 Å². The van der Waals surface area contributed by atoms with Crippen LogP contribution in [0.15, 0.2) is 0 Å². The van der Waals surface area contributed by atoms with Gasteiger partial charge in [-0.2, -0.15) is 23.5 Å². The average Bonchev–Trinajstić information content (AvgIpc) is 1.97. The highest BCUT2D eigenvalue weighted by Crippen LogP contribution is 1.97. The molecular weight excluding hydrogens is 184 g/mol. The Balaban J connectivity index is 3.09. The van der Waals surface area contributed by atoms with Crippen LogP contribution in [0.25, 0.3) is 0 Å². The molecule has 0 aliphatic heterocycles. The van der Waals surface area contributed by atoms with Gasteiger partial charge in [0.25, 0.3) is 0 Å². The molecule has 0 radical (unpaired) electrons. The Kier molecular flexibility index (Phi) is 8.63. The van der Waals surface area contributed by atoms with Gasteiger partial charge in [-0.25, -0.2) is 0 Å². The summed E-state index contributed by atoms with van der Waals surface area (Å²) < 4.78 is 11.0. The second-order valence-corrected chi connectivity index (χ2v) is 5.50. The van der Waals surface area contributed by atoms with Crippen LogP contribution in [0.3, 0.4) is 0 Å². The second-order valence-electron chi connectivity index (χ2n) is 1.83. The first-order valence-corrected chi connectivity index (χ1v) is 7.41. The molecule has 62 valence electrons. The van der Waals surface area contributed by atoms with E-state index in [1.165, 1.54) is 0 Å². The molecule has 0 bridgehead atoms. The molecule has 0 amide bonds. The van der Waals surface area contributed by atoms with Gasteiger partial charge >= 0.3 is 0 Å². The molecule has 1 nitrogen and oxygen atoms in total. The van der Waals surface area contributed by atoms with Crippen LogP contribution in [0.2, 0.25) is 0 Å². The minimum atomic E-state index is -0.561. The Morgan fingerprint density at radius 3 is 1.80 bits per heavy atom. The lowest BCUT2D eigenvalue weighted by atomic mass is 10.9. The first-order chi connectivity index (χ1) is 4.81. The average molecular weight is 198 g/mol. The Morgan fingerprint density at radius 1 is 1.10 bits per heavy atom. The summed E-state index contributed by atoms with van der Waals surface area (Å²) >= 11 is 3.53. The van der Waals surface area contributed by atoms with Crippen molar-refractivity contribution in [2.75, 3.05) is 35.5 Å². The topological polar surface area (TPSA) is 17.1 Å². The summed E-state index contributed by atoms with van der Waals surface area (Å²) in [6.45, 7) is 0. The molecular formula is C6H14OS3. The first kappa shape index (κ1) is 10.8. The third-order valence-corrected chi connectivity index (χ3v) is 4.09. The molecule has 0 saturated heterocycles. The molecule has 0 aromatic heterocycles. The van der Waals surface area contributed by atoms with Gasteiger partial charge in [0.1, 0.15) is 0 Å². The lowest BCUT2D eigenvalue weighted by molar-refractivity contribution is 0.685. The van der Waals surface area contributed by atoms with Crippen molar-refractivity contribution in [3.63, 3.8) is 0 Å². The smallest absolute Gasteiger partial charge is 0.0325 e. The Bertz CT molecular complexity index is 85.0. The highest BCUT2D eigenvalue weighted by atomic mass is 32.2. The molecule has 0 atom stereocenters. The molecule has 0 heterocycles. The Labute approximate surface area is 74.2 Å². The lowest BCUT2D eigenvalue weighted by Gasteiger charge is -1.97. The van der Waals surface area contributed by atoms with Crippen LogP contribution in [-0.2, 0) is 10.8 Å². The lowest BCUT2D eigenvalue weighted by Crippen LogP contribution is -2.06. The fourth-order valence-electron chi connectivity index (χ4n) is 0.455. The molecule has 0 aliphatic carbocycles. The molecule has 0 rings (SSSR count). The van der Waals surface area contributed by atoms with Gasteiger partial charge in [0.2, 0.25) is 0 Å². The van der Waals surface area contributed by atoms with E-state index in [4.69, 9.17) is 0 Å². The number of rotatable bonds is 6. The van der Waals surface area contributed by atoms with Gasteiger partial charge in [-0.05, 0) is 12.5 Å². The van der Waals surface area contributed by atoms with Gasteiger partial charge in [-0.15, -0.1) is 0 Å². The standard InChI is InChI=1S/C6H14OS3/c1-8-3-5-10(7)6-4-9-2/h3-6H2,1-2H3. The molecule has 0 aliphatic rings. The van der Waals surface area contributed by atoms with Crippen molar-refractivity contribution in [2.24, 2.45) is 0 Å². The van der Waals surface area contributed by atoms with Crippen molar-refractivity contribution >= 4 is 34.3 Å². The van der Waals surface area contributed by atoms with Crippen LogP contribution >= 0.6 is 23.5 Å². The summed E-state index contributed by atoms with van der Waals surface area (Å²) in [5.41, 5.74) is 0. The predicted molar refractivity (Wildman–Crippen MR) is 54.6 cm³/mol. The molecule has 0 aromatic carbocycles. The highest BCUT2D eigenvalue weighted by Gasteiger charge is 1.96. The van der Waals surface area contributed by atoms with E-state index in [-0.39, 0.29) is 0 Å². The summed E-state index contributed by atoms with van der Waals surface area (Å²) in [5, 5.41) is 0. The van der Waals surface area contributed by atoms with Gasteiger partial charge in [-0.1, -0.05) is 0 Å². The summed E-state index contributed by atoms with van der Waals surface area (Å²) in [6.07, 6.45) is 4.09. The van der Waals surface area contributed by atoms with E-state index in [0.717, 1.165) is 23.0 Å². The second kappa shape index (κ2) is 7.95. The van der Waals surface area contributed by atoms with Crippen molar-refractivity contribution in [2.45, 2.75) is 0 Å². The van der Waals surface area contributed by atoms with Crippen LogP contribution in [0.1, 0.15) is 0 Å². The maximum absolute atomic E-state index is 11.0. The van der Waals surface area contributed by atoms with Crippen molar-refractivity contribution in [3.05, 3.63) is 0 Å². The zero-order valence-corrected chi connectivity index (χ0v) is 8.91. The monoisotopic (exact) mass is 198 g/mol. The minimum Gasteiger partial charge on any atom is -0.260 e. The van der Waals surface area contributed by atoms with Crippen molar-refractivity contribution in [3.8, 4) is 0 Å². The SMILES string of the molecule is CSCCS(=O)CCSC. The third-order valence-electron chi connectivity index (χ3n) is 1.03. The predicted octanol–water partition coefficient (Wildman–Crippen LogP) is 1.46. The zero-order chi connectivity index (χ0) is 7.82. The molecule has 10 heavy (non-hydrogen) atoms. The van der Waals surface area contributed by atoms with Crippen LogP contribution in [0.5, 0.6) is 0 Å². The fourth-order valence-corrected chi connectivity index (χ4v) is 3.48. The van der Waals surface area contributed by atoms with E-state index in [2.05, 4.69) is 0 Å². The molecule has 0 aromatic rings. The van der Waals surface area contributed by atoms with Gasteiger partial charge in [0.05, 0.1) is 0 Å². The van der Waals surface area contributed by atoms with Gasteiger partial charge < -0.3 is 0 Å². The minimum absolute atomic E-state index is 0.561. The Morgan fingerprint density at radius 2 is 1.50 bits per heavy atom. The van der Waals surface area contributed by atoms with Gasteiger partial charge in [0.15, 0.2) is 0 Å². The van der Waals surface area contributed by atoms with Crippen molar-refractivity contribution < 1.29 is 4.21 Å². The molecule has 4 heteroatoms. The quantitative estimate of drug-likeness (QED) is 0.643. The van der Waals surface area contributed by atoms with Crippen LogP contribution in [0, 0.1) is 0 Å². The van der Waals surface area contributed by atoms with E-state index >= 15 is 0 Å². The summed E-state index contributed by atoms with van der Waals surface area (Å²) in [7, 11) is -0.561. The van der Waals surface area contributed by atoms with Crippen molar-refractivity contribution in [1.82, 2.24) is 0 Å². The normalized spacial score (nSPS) is 10.7. The molecule has 0 N–H and O–H groups in total. The van der Waals surface area contributed by atoms with Crippen LogP contribution in [-0.4, -0.2) is 39.7 Å². The number of hydrogen-bond acceptors (Lipinski definition) is 3. The maximum atomic E-state index is 11.0. The molecule has 0 spiro atoms. The molecule has 0 fully saturated rings. The summed E-state index contributed by atoms with van der Waals surface area (Å²) in [6, 6.07) is 0. The summed E-state index contributed by atoms with van der Waals surface area (Å²) in [5.74, 6) is 3.78. The summed E-state index contributed by atoms with van der Waals surface area (Å²) in [4.78, 5) is 0. The van der Waals surface area contributed by atoms with E-state index < -0.39 is 10.8 Å². The van der Waals surface area contributed by atoms with Gasteiger partial charge in [-0.3, -0.25) is 4.21 Å². The first-order valence-electron chi connectivity index (χ1n) is 3.14. The molecule has 0 unspecified atom stereocenters. The van der Waals surface area contributed by atoms with E-state index in [1.807, 2.05) is 12.5 Å². The highest BCUT2D eigenvalue weighted by molar-refractivity contribution is 8.00. The fraction of sp³-hybridized carbons (Fsp3) is 1.00. The zero-order valence-electron chi connectivity index (χ0n) is 6.46. The number of hydrogen-bond donors (Lipinski definition) is 0. The largest absolute Gasteiger partial charge is 0.260 e. The van der Waals surface area contributed by atoms with Crippen molar-refractivity contribution in [1.29, 1.82) is 0 Å². The van der Waals surface area contributed by atoms with Gasteiger partial charge in [0, 0.05) is 33.8 Å². The van der Waals surface area contributed by atoms with E-state index in [0.29, 0.717) is 0 Å². The van der Waals surface area contributed by atoms with E-state index in [1.54, 1.807) is 23.5 Å². The third kappa shape index (κ3) is 6.96. The van der Waals surface area contributed by atoms with E-state index in [9.17, 15) is 4.21 Å². The van der Waals surface area contributed by atoms with Crippen LogP contribution in [0.4, 0.5) is 0 Å². The number of thioether (sulfide) groups is 2. The maximum Gasteiger partial charge on any atom is 0.0325 e.